The standard InChI is InChI=1S/C20H16ClN5.C16H20N4O2.C12H18N2O2.2C11H12N4.C9H5Cl2N.C4H3ClN2/c1-13-11-14(7-8-17(13)26-20-22-9-4-10-23-20)24-19-12-16(21)15-5-2-3-6-18(15)25-19;1-11-10-12(19-15(21)22-16(2,3)4)6-7-13(11)20-14-17-8-5-9-18-14;1-8-7-9(5-6-10(8)13)14-11(15)16-12(2,3)4;2*1-8-7-9(12)3-4-10(8)15-11-13-5-2-6-14-11;10-7-5-9(11)12-8-4-2-1-3-6(7)8;5-4-6-2-1-3-7-4/h2-12H,1H3,(H,24,25)(H,22,23,26);5-10H,1-4H3,(H,19,21)(H,17,18,20);5-7H,13H2,1-4H3,(H,14,15);2*2-7H,12H2,1H3,(H,13,14,15);1-5H;1-3H. The number of pyridine rings is 2. The number of rotatable bonds is 12. The molecule has 2 amide bonds. The van der Waals surface area contributed by atoms with Crippen molar-refractivity contribution in [3.05, 3.63) is 292 Å². The van der Waals surface area contributed by atoms with Crippen molar-refractivity contribution in [1.29, 1.82) is 0 Å². The third-order valence-corrected chi connectivity index (χ3v) is 15.9. The summed E-state index contributed by atoms with van der Waals surface area (Å²) in [5.74, 6) is 2.98. The van der Waals surface area contributed by atoms with Gasteiger partial charge >= 0.3 is 12.2 Å². The van der Waals surface area contributed by atoms with Crippen LogP contribution < -0.4 is 54.4 Å². The molecule has 26 nitrogen and oxygen atoms in total. The number of carbonyl (C=O) groups excluding carboxylic acids is 2. The van der Waals surface area contributed by atoms with Gasteiger partial charge in [0, 0.05) is 136 Å². The molecule has 0 aliphatic heterocycles. The Kier molecular flexibility index (Phi) is 31.9. The number of para-hydroxylation sites is 2. The highest BCUT2D eigenvalue weighted by molar-refractivity contribution is 6.38. The fraction of sp³-hybridized carbons (Fsp3) is 0.157. The molecule has 0 bridgehead atoms. The molecular formula is C83H86Cl4N22O4. The van der Waals surface area contributed by atoms with Crippen LogP contribution in [0.3, 0.4) is 0 Å². The van der Waals surface area contributed by atoms with Crippen LogP contribution in [0.4, 0.5) is 96.1 Å². The molecule has 0 fully saturated rings. The number of nitrogens with two attached hydrogens (primary N) is 3. The van der Waals surface area contributed by atoms with Gasteiger partial charge in [-0.05, 0) is 255 Å². The monoisotopic (exact) mass is 1590 g/mol. The fourth-order valence-electron chi connectivity index (χ4n) is 9.68. The summed E-state index contributed by atoms with van der Waals surface area (Å²) in [5.41, 5.74) is 31.0. The molecule has 0 unspecified atom stereocenters. The van der Waals surface area contributed by atoms with Crippen LogP contribution in [0.1, 0.15) is 69.4 Å². The summed E-state index contributed by atoms with van der Waals surface area (Å²) in [6, 6.07) is 55.9. The van der Waals surface area contributed by atoms with Crippen molar-refractivity contribution >= 4 is 167 Å². The predicted molar refractivity (Wildman–Crippen MR) is 459 cm³/mol. The second-order valence-electron chi connectivity index (χ2n) is 26.4. The molecule has 0 aliphatic rings. The van der Waals surface area contributed by atoms with Crippen molar-refractivity contribution in [2.75, 3.05) is 54.4 Å². The first-order valence-corrected chi connectivity index (χ1v) is 36.4. The minimum Gasteiger partial charge on any atom is -0.444 e. The van der Waals surface area contributed by atoms with Gasteiger partial charge in [-0.15, -0.1) is 0 Å². The maximum atomic E-state index is 11.7. The van der Waals surface area contributed by atoms with Crippen LogP contribution in [0.15, 0.2) is 244 Å². The number of benzene rings is 7. The van der Waals surface area contributed by atoms with E-state index in [1.165, 1.54) is 0 Å². The van der Waals surface area contributed by atoms with Crippen molar-refractivity contribution in [2.45, 2.75) is 87.4 Å². The highest BCUT2D eigenvalue weighted by Crippen LogP contribution is 2.31. The van der Waals surface area contributed by atoms with E-state index in [0.29, 0.717) is 67.2 Å². The Hall–Kier alpha value is -13.1. The largest absolute Gasteiger partial charge is 0.444 e. The molecular weight excluding hydrogens is 1510 g/mol. The Bertz CT molecular complexity index is 5310. The van der Waals surface area contributed by atoms with Gasteiger partial charge in [-0.25, -0.2) is 69.4 Å². The van der Waals surface area contributed by atoms with Crippen LogP contribution in [0.25, 0.3) is 21.8 Å². The Labute approximate surface area is 675 Å². The summed E-state index contributed by atoms with van der Waals surface area (Å²) in [6.45, 7) is 20.8. The first-order valence-electron chi connectivity index (χ1n) is 34.9. The lowest BCUT2D eigenvalue weighted by Crippen LogP contribution is -2.27. The first kappa shape index (κ1) is 85.5. The molecule has 14 rings (SSSR count). The summed E-state index contributed by atoms with van der Waals surface area (Å²) in [6.07, 6.45) is 15.8. The second-order valence-corrected chi connectivity index (χ2v) is 28.0. The van der Waals surface area contributed by atoms with Crippen molar-refractivity contribution < 1.29 is 19.1 Å². The Balaban J connectivity index is 0.000000170. The molecule has 113 heavy (non-hydrogen) atoms. The third-order valence-electron chi connectivity index (χ3n) is 14.9. The van der Waals surface area contributed by atoms with Gasteiger partial charge in [0.15, 0.2) is 0 Å². The van der Waals surface area contributed by atoms with Gasteiger partial charge in [-0.3, -0.25) is 10.6 Å². The second kappa shape index (κ2) is 42.2. The molecule has 0 spiro atoms. The van der Waals surface area contributed by atoms with Gasteiger partial charge in [-0.2, -0.15) is 0 Å². The summed E-state index contributed by atoms with van der Waals surface area (Å²) in [5, 5.41) is 25.2. The van der Waals surface area contributed by atoms with E-state index in [1.54, 1.807) is 123 Å². The fourth-order valence-corrected chi connectivity index (χ4v) is 10.6. The number of aryl methyl sites for hydroxylation is 5. The summed E-state index contributed by atoms with van der Waals surface area (Å²) in [4.78, 5) is 72.1. The van der Waals surface area contributed by atoms with Crippen LogP contribution in [0.2, 0.25) is 20.5 Å². The van der Waals surface area contributed by atoms with E-state index in [1.807, 2.05) is 197 Å². The van der Waals surface area contributed by atoms with Gasteiger partial charge in [0.25, 0.3) is 0 Å². The summed E-state index contributed by atoms with van der Waals surface area (Å²) >= 11 is 23.4. The molecule has 0 saturated carbocycles. The predicted octanol–water partition coefficient (Wildman–Crippen LogP) is 21.2. The number of halogens is 4. The highest BCUT2D eigenvalue weighted by Gasteiger charge is 2.18. The molecule has 7 heterocycles. The molecule has 0 atom stereocenters. The maximum absolute atomic E-state index is 11.7. The smallest absolute Gasteiger partial charge is 0.412 e. The van der Waals surface area contributed by atoms with Gasteiger partial charge < -0.3 is 53.3 Å². The number of fused-ring (bicyclic) bond motifs is 2. The Morgan fingerprint density at radius 1 is 0.345 bits per heavy atom. The van der Waals surface area contributed by atoms with Crippen LogP contribution in [-0.4, -0.2) is 83.2 Å². The normalized spacial score (nSPS) is 10.4. The lowest BCUT2D eigenvalue weighted by Gasteiger charge is -2.20. The Morgan fingerprint density at radius 2 is 0.673 bits per heavy atom. The molecule has 580 valence electrons. The first-order chi connectivity index (χ1) is 54.0. The lowest BCUT2D eigenvalue weighted by atomic mass is 10.1. The number of hydrogen-bond acceptors (Lipinski definition) is 24. The number of aromatic nitrogens is 12. The van der Waals surface area contributed by atoms with Crippen molar-refractivity contribution in [2.24, 2.45) is 0 Å². The molecule has 0 radical (unpaired) electrons. The zero-order chi connectivity index (χ0) is 81.5. The quantitative estimate of drug-likeness (QED) is 0.0308. The number of hydrogen-bond donors (Lipinski definition) is 10. The summed E-state index contributed by atoms with van der Waals surface area (Å²) < 4.78 is 10.4. The van der Waals surface area contributed by atoms with E-state index < -0.39 is 23.4 Å². The topological polar surface area (TPSA) is 370 Å². The van der Waals surface area contributed by atoms with Crippen molar-refractivity contribution in [1.82, 2.24) is 59.8 Å². The molecule has 14 aromatic rings. The molecule has 0 saturated heterocycles. The van der Waals surface area contributed by atoms with E-state index in [-0.39, 0.29) is 0 Å². The minimum absolute atomic E-state index is 0.294. The van der Waals surface area contributed by atoms with Crippen LogP contribution >= 0.6 is 46.4 Å². The van der Waals surface area contributed by atoms with Gasteiger partial charge in [0.2, 0.25) is 29.1 Å². The van der Waals surface area contributed by atoms with E-state index in [0.717, 1.165) is 89.4 Å². The molecule has 0 aliphatic carbocycles. The highest BCUT2D eigenvalue weighted by atomic mass is 35.5. The SMILES string of the molecule is Cc1cc(N)ccc1Nc1ncccn1.Cc1cc(N)ccc1Nc1ncccn1.Cc1cc(NC(=O)OC(C)(C)C)ccc1N.Cc1cc(NC(=O)OC(C)(C)C)ccc1Nc1ncccn1.Cc1cc(Nc2cc(Cl)c3ccccc3n2)ccc1Nc1ncccn1.Clc1cc(Cl)c2ccccc2n1.Clc1ncccn1. The minimum atomic E-state index is -0.523. The number of nitrogens with one attached hydrogen (secondary N) is 7. The van der Waals surface area contributed by atoms with E-state index >= 15 is 0 Å². The third kappa shape index (κ3) is 30.0. The van der Waals surface area contributed by atoms with E-state index in [9.17, 15) is 9.59 Å². The zero-order valence-electron chi connectivity index (χ0n) is 63.8. The molecule has 30 heteroatoms. The van der Waals surface area contributed by atoms with Gasteiger partial charge in [0.05, 0.1) is 21.1 Å². The summed E-state index contributed by atoms with van der Waals surface area (Å²) in [7, 11) is 0. The van der Waals surface area contributed by atoms with Gasteiger partial charge in [0.1, 0.15) is 22.2 Å². The number of anilines is 15. The average Bonchev–Trinajstić information content (AvgIpc) is 0.821. The Morgan fingerprint density at radius 3 is 1.04 bits per heavy atom. The van der Waals surface area contributed by atoms with Crippen LogP contribution in [0, 0.1) is 34.6 Å². The average molecular weight is 1600 g/mol. The molecule has 7 aromatic heterocycles. The van der Waals surface area contributed by atoms with Gasteiger partial charge in [-0.1, -0.05) is 71.2 Å². The van der Waals surface area contributed by atoms with E-state index in [4.69, 9.17) is 73.1 Å². The van der Waals surface area contributed by atoms with Crippen molar-refractivity contribution in [3.8, 4) is 0 Å². The maximum Gasteiger partial charge on any atom is 0.412 e. The van der Waals surface area contributed by atoms with E-state index in [2.05, 4.69) is 97.0 Å². The van der Waals surface area contributed by atoms with Crippen LogP contribution in [-0.2, 0) is 9.47 Å². The number of carbonyl (C=O) groups is 2. The lowest BCUT2D eigenvalue weighted by molar-refractivity contribution is 0.0624. The molecule has 13 N–H and O–H groups in total. The van der Waals surface area contributed by atoms with Crippen LogP contribution in [0.5, 0.6) is 0 Å². The number of nitrogen functional groups attached to an aromatic ring is 3. The number of nitrogens with zero attached hydrogens (tertiary/aromatic N) is 12. The zero-order valence-corrected chi connectivity index (χ0v) is 66.9. The molecule has 7 aromatic carbocycles. The number of amides is 2. The van der Waals surface area contributed by atoms with Crippen molar-refractivity contribution in [3.63, 3.8) is 0 Å². The number of ether oxygens (including phenoxy) is 2.